The van der Waals surface area contributed by atoms with Gasteiger partial charge in [-0.15, -0.1) is 0 Å². The number of aliphatic hydroxyl groups is 1. The molecule has 0 saturated heterocycles. The van der Waals surface area contributed by atoms with Crippen LogP contribution in [0.3, 0.4) is 0 Å². The van der Waals surface area contributed by atoms with E-state index in [-0.39, 0.29) is 25.5 Å². The smallest absolute Gasteiger partial charge is 0.305 e. The first-order valence-electron chi connectivity index (χ1n) is 5.22. The molecule has 1 amide bonds. The minimum Gasteiger partial charge on any atom is -0.481 e. The van der Waals surface area contributed by atoms with Crippen molar-refractivity contribution in [2.24, 2.45) is 0 Å². The SMILES string of the molecule is CCCC(=O)N(CCCO)CCC(=O)O. The molecule has 0 aliphatic carbocycles. The number of carboxylic acid groups (broad SMARTS) is 1. The number of carbonyl (C=O) groups is 2. The van der Waals surface area contributed by atoms with Crippen molar-refractivity contribution in [2.75, 3.05) is 19.7 Å². The van der Waals surface area contributed by atoms with Crippen molar-refractivity contribution in [3.8, 4) is 0 Å². The lowest BCUT2D eigenvalue weighted by Gasteiger charge is -2.21. The van der Waals surface area contributed by atoms with E-state index < -0.39 is 5.97 Å². The molecule has 0 aliphatic rings. The summed E-state index contributed by atoms with van der Waals surface area (Å²) in [6.45, 7) is 2.58. The Kier molecular flexibility index (Phi) is 7.62. The van der Waals surface area contributed by atoms with E-state index >= 15 is 0 Å². The zero-order chi connectivity index (χ0) is 11.7. The molecule has 0 aromatic heterocycles. The third-order valence-corrected chi connectivity index (χ3v) is 2.00. The van der Waals surface area contributed by atoms with E-state index in [2.05, 4.69) is 0 Å². The standard InChI is InChI=1S/C10H19NO4/c1-2-4-9(13)11(6-3-8-12)7-5-10(14)15/h12H,2-8H2,1H3,(H,14,15). The number of aliphatic hydroxyl groups excluding tert-OH is 1. The largest absolute Gasteiger partial charge is 0.481 e. The van der Waals surface area contributed by atoms with Gasteiger partial charge in [-0.25, -0.2) is 0 Å². The van der Waals surface area contributed by atoms with E-state index in [0.29, 0.717) is 19.4 Å². The van der Waals surface area contributed by atoms with Crippen LogP contribution in [0.15, 0.2) is 0 Å². The van der Waals surface area contributed by atoms with Gasteiger partial charge in [-0.2, -0.15) is 0 Å². The van der Waals surface area contributed by atoms with E-state index in [0.717, 1.165) is 6.42 Å². The van der Waals surface area contributed by atoms with Crippen LogP contribution >= 0.6 is 0 Å². The number of amides is 1. The second kappa shape index (κ2) is 8.23. The highest BCUT2D eigenvalue weighted by atomic mass is 16.4. The van der Waals surface area contributed by atoms with Gasteiger partial charge in [-0.1, -0.05) is 6.92 Å². The number of carboxylic acids is 1. The normalized spacial score (nSPS) is 10.0. The Labute approximate surface area is 89.7 Å². The van der Waals surface area contributed by atoms with Gasteiger partial charge in [0.1, 0.15) is 0 Å². The number of carbonyl (C=O) groups excluding carboxylic acids is 1. The molecular weight excluding hydrogens is 198 g/mol. The van der Waals surface area contributed by atoms with Crippen molar-refractivity contribution in [3.63, 3.8) is 0 Å². The van der Waals surface area contributed by atoms with Gasteiger partial charge in [0.2, 0.25) is 5.91 Å². The molecule has 0 aromatic rings. The van der Waals surface area contributed by atoms with Crippen molar-refractivity contribution in [3.05, 3.63) is 0 Å². The van der Waals surface area contributed by atoms with Gasteiger partial charge >= 0.3 is 5.97 Å². The van der Waals surface area contributed by atoms with Crippen LogP contribution in [0.5, 0.6) is 0 Å². The second-order valence-electron chi connectivity index (χ2n) is 3.35. The summed E-state index contributed by atoms with van der Waals surface area (Å²) in [6, 6.07) is 0. The summed E-state index contributed by atoms with van der Waals surface area (Å²) in [4.78, 5) is 23.4. The summed E-state index contributed by atoms with van der Waals surface area (Å²) in [5, 5.41) is 17.2. The fourth-order valence-electron chi connectivity index (χ4n) is 1.23. The Morgan fingerprint density at radius 2 is 1.87 bits per heavy atom. The minimum atomic E-state index is -0.909. The summed E-state index contributed by atoms with van der Waals surface area (Å²) < 4.78 is 0. The molecule has 0 rings (SSSR count). The van der Waals surface area contributed by atoms with Gasteiger partial charge in [-0.05, 0) is 12.8 Å². The highest BCUT2D eigenvalue weighted by Gasteiger charge is 2.12. The molecule has 88 valence electrons. The maximum atomic E-state index is 11.5. The average Bonchev–Trinajstić information content (AvgIpc) is 2.17. The Morgan fingerprint density at radius 1 is 1.20 bits per heavy atom. The summed E-state index contributed by atoms with van der Waals surface area (Å²) in [5.74, 6) is -0.944. The lowest BCUT2D eigenvalue weighted by molar-refractivity contribution is -0.138. The molecule has 0 heterocycles. The van der Waals surface area contributed by atoms with Gasteiger partial charge in [0.05, 0.1) is 6.42 Å². The molecule has 0 radical (unpaired) electrons. The van der Waals surface area contributed by atoms with E-state index in [1.807, 2.05) is 6.92 Å². The van der Waals surface area contributed by atoms with Crippen LogP contribution in [0.2, 0.25) is 0 Å². The van der Waals surface area contributed by atoms with Gasteiger partial charge in [0.25, 0.3) is 0 Å². The van der Waals surface area contributed by atoms with Crippen LogP contribution in [0.4, 0.5) is 0 Å². The highest BCUT2D eigenvalue weighted by Crippen LogP contribution is 2.00. The molecule has 0 atom stereocenters. The lowest BCUT2D eigenvalue weighted by Crippen LogP contribution is -2.34. The van der Waals surface area contributed by atoms with Gasteiger partial charge < -0.3 is 15.1 Å². The van der Waals surface area contributed by atoms with Crippen molar-refractivity contribution in [2.45, 2.75) is 32.6 Å². The van der Waals surface area contributed by atoms with E-state index in [9.17, 15) is 9.59 Å². The van der Waals surface area contributed by atoms with Crippen molar-refractivity contribution in [1.29, 1.82) is 0 Å². The van der Waals surface area contributed by atoms with Crippen LogP contribution < -0.4 is 0 Å². The maximum Gasteiger partial charge on any atom is 0.305 e. The van der Waals surface area contributed by atoms with Crippen LogP contribution in [0.25, 0.3) is 0 Å². The number of rotatable bonds is 8. The van der Waals surface area contributed by atoms with Gasteiger partial charge in [0.15, 0.2) is 0 Å². The third-order valence-electron chi connectivity index (χ3n) is 2.00. The van der Waals surface area contributed by atoms with E-state index in [4.69, 9.17) is 10.2 Å². The number of aliphatic carboxylic acids is 1. The fraction of sp³-hybridized carbons (Fsp3) is 0.800. The second-order valence-corrected chi connectivity index (χ2v) is 3.35. The van der Waals surface area contributed by atoms with Crippen LogP contribution in [0.1, 0.15) is 32.6 Å². The predicted molar refractivity (Wildman–Crippen MR) is 55.4 cm³/mol. The van der Waals surface area contributed by atoms with E-state index in [1.54, 1.807) is 0 Å². The number of hydrogen-bond acceptors (Lipinski definition) is 3. The molecule has 0 bridgehead atoms. The fourth-order valence-corrected chi connectivity index (χ4v) is 1.23. The van der Waals surface area contributed by atoms with Crippen LogP contribution in [0, 0.1) is 0 Å². The van der Waals surface area contributed by atoms with Crippen molar-refractivity contribution >= 4 is 11.9 Å². The number of hydrogen-bond donors (Lipinski definition) is 2. The molecule has 0 unspecified atom stereocenters. The van der Waals surface area contributed by atoms with Crippen molar-refractivity contribution < 1.29 is 19.8 Å². The summed E-state index contributed by atoms with van der Waals surface area (Å²) in [5.41, 5.74) is 0. The monoisotopic (exact) mass is 217 g/mol. The lowest BCUT2D eigenvalue weighted by atomic mass is 10.2. The van der Waals surface area contributed by atoms with Gasteiger partial charge in [-0.3, -0.25) is 9.59 Å². The molecule has 0 aliphatic heterocycles. The molecule has 0 aromatic carbocycles. The summed E-state index contributed by atoms with van der Waals surface area (Å²) in [6.07, 6.45) is 1.64. The zero-order valence-corrected chi connectivity index (χ0v) is 9.11. The van der Waals surface area contributed by atoms with Crippen LogP contribution in [-0.4, -0.2) is 46.7 Å². The predicted octanol–water partition coefficient (Wildman–Crippen LogP) is 0.472. The molecule has 2 N–H and O–H groups in total. The number of nitrogens with zero attached hydrogens (tertiary/aromatic N) is 1. The first kappa shape index (κ1) is 13.9. The Bertz CT molecular complexity index is 206. The molecule has 0 saturated carbocycles. The molecule has 15 heavy (non-hydrogen) atoms. The Hall–Kier alpha value is -1.10. The average molecular weight is 217 g/mol. The summed E-state index contributed by atoms with van der Waals surface area (Å²) in [7, 11) is 0. The molecule has 0 fully saturated rings. The highest BCUT2D eigenvalue weighted by molar-refractivity contribution is 5.76. The molecule has 5 heteroatoms. The first-order valence-corrected chi connectivity index (χ1v) is 5.22. The van der Waals surface area contributed by atoms with Crippen LogP contribution in [-0.2, 0) is 9.59 Å². The maximum absolute atomic E-state index is 11.5. The van der Waals surface area contributed by atoms with E-state index in [1.165, 1.54) is 4.90 Å². The third kappa shape index (κ3) is 6.90. The van der Waals surface area contributed by atoms with Gasteiger partial charge in [0, 0.05) is 26.1 Å². The van der Waals surface area contributed by atoms with Crippen molar-refractivity contribution in [1.82, 2.24) is 4.90 Å². The Morgan fingerprint density at radius 3 is 2.33 bits per heavy atom. The Balaban J connectivity index is 4.04. The first-order chi connectivity index (χ1) is 7.11. The zero-order valence-electron chi connectivity index (χ0n) is 9.11. The topological polar surface area (TPSA) is 77.8 Å². The summed E-state index contributed by atoms with van der Waals surface area (Å²) >= 11 is 0. The molecular formula is C10H19NO4. The minimum absolute atomic E-state index is 0.0168. The molecule has 0 spiro atoms. The quantitative estimate of drug-likeness (QED) is 0.619. The molecule has 5 nitrogen and oxygen atoms in total.